The molecular weight excluding hydrogens is 434 g/mol. The summed E-state index contributed by atoms with van der Waals surface area (Å²) in [5.74, 6) is 5.13. The molecule has 0 bridgehead atoms. The van der Waals surface area contributed by atoms with Crippen LogP contribution in [0.4, 0.5) is 0 Å². The second-order valence-corrected chi connectivity index (χ2v) is 7.72. The first-order chi connectivity index (χ1) is 15.8. The topological polar surface area (TPSA) is 71.1 Å². The van der Waals surface area contributed by atoms with Gasteiger partial charge in [0.15, 0.2) is 0 Å². The summed E-state index contributed by atoms with van der Waals surface area (Å²) in [6.45, 7) is 10.8. The lowest BCUT2D eigenvalue weighted by molar-refractivity contribution is -0.118. The second kappa shape index (κ2) is 10.4. The van der Waals surface area contributed by atoms with Crippen LogP contribution in [0.3, 0.4) is 0 Å². The van der Waals surface area contributed by atoms with Gasteiger partial charge in [0.25, 0.3) is 11.8 Å². The molecule has 0 saturated heterocycles. The number of halogens is 1. The van der Waals surface area contributed by atoms with Crippen molar-refractivity contribution < 1.29 is 9.59 Å². The van der Waals surface area contributed by atoms with Crippen LogP contribution in [-0.2, 0) is 4.79 Å². The van der Waals surface area contributed by atoms with Gasteiger partial charge in [-0.1, -0.05) is 60.9 Å². The fraction of sp³-hybridized carbons (Fsp3) is 0.0741. The molecule has 2 aromatic carbocycles. The molecule has 0 aliphatic heterocycles. The summed E-state index contributed by atoms with van der Waals surface area (Å²) in [7, 11) is 0. The number of benzene rings is 2. The highest BCUT2D eigenvalue weighted by Crippen LogP contribution is 2.17. The number of carbonyl (C=O) groups excluding carboxylic acids is 2. The molecule has 164 valence electrons. The Hall–Kier alpha value is -4.14. The van der Waals surface area contributed by atoms with Crippen LogP contribution in [0.25, 0.3) is 10.9 Å². The summed E-state index contributed by atoms with van der Waals surface area (Å²) in [4.78, 5) is 29.4. The number of hydrazine groups is 1. The Balaban J connectivity index is 1.78. The van der Waals surface area contributed by atoms with Gasteiger partial charge in [0.1, 0.15) is 0 Å². The molecule has 1 heterocycles. The van der Waals surface area contributed by atoms with Gasteiger partial charge in [-0.05, 0) is 55.3 Å². The first-order valence-corrected chi connectivity index (χ1v) is 10.4. The standard InChI is InChI=1S/C27H22ClN3O2/c1-5-23(28)25(17(2)3)27(33)31-30-26(32)22-12-10-18(4)20(15-22)13-11-19-14-21-8-6-7-9-24(21)29-16-19/h5-10,12,14-16H,1-2H2,3-4H3,(H,30,32)(H,31,33)/b25-23-. The van der Waals surface area contributed by atoms with Crippen LogP contribution in [0.5, 0.6) is 0 Å². The van der Waals surface area contributed by atoms with E-state index in [1.165, 1.54) is 6.08 Å². The van der Waals surface area contributed by atoms with Crippen LogP contribution in [0, 0.1) is 18.8 Å². The van der Waals surface area contributed by atoms with Crippen LogP contribution in [0.15, 0.2) is 90.1 Å². The smallest absolute Gasteiger partial charge is 0.267 e. The summed E-state index contributed by atoms with van der Waals surface area (Å²) < 4.78 is 0. The van der Waals surface area contributed by atoms with E-state index in [0.717, 1.165) is 22.0 Å². The summed E-state index contributed by atoms with van der Waals surface area (Å²) >= 11 is 6.02. The van der Waals surface area contributed by atoms with Gasteiger partial charge in [-0.3, -0.25) is 25.4 Å². The Morgan fingerprint density at radius 1 is 1.09 bits per heavy atom. The third-order valence-electron chi connectivity index (χ3n) is 4.79. The molecule has 2 amide bonds. The Kier molecular flexibility index (Phi) is 7.45. The molecule has 0 aliphatic carbocycles. The molecule has 0 unspecified atom stereocenters. The molecule has 3 rings (SSSR count). The van der Waals surface area contributed by atoms with Crippen molar-refractivity contribution in [1.82, 2.24) is 15.8 Å². The molecule has 6 heteroatoms. The van der Waals surface area contributed by atoms with E-state index in [1.54, 1.807) is 31.3 Å². The van der Waals surface area contributed by atoms with Gasteiger partial charge in [-0.2, -0.15) is 0 Å². The highest BCUT2D eigenvalue weighted by molar-refractivity contribution is 6.34. The van der Waals surface area contributed by atoms with E-state index in [1.807, 2.05) is 37.3 Å². The van der Waals surface area contributed by atoms with Gasteiger partial charge in [0, 0.05) is 28.3 Å². The molecule has 1 aromatic heterocycles. The zero-order chi connectivity index (χ0) is 24.0. The highest BCUT2D eigenvalue weighted by Gasteiger charge is 2.15. The quantitative estimate of drug-likeness (QED) is 0.253. The minimum Gasteiger partial charge on any atom is -0.267 e. The SMILES string of the molecule is C=C/C(Cl)=C(\C(=C)C)C(=O)NNC(=O)c1ccc(C)c(C#Cc2cnc3ccccc3c2)c1. The third-order valence-corrected chi connectivity index (χ3v) is 5.14. The number of rotatable bonds is 4. The summed E-state index contributed by atoms with van der Waals surface area (Å²) in [5, 5.41) is 1.15. The van der Waals surface area contributed by atoms with Crippen LogP contribution >= 0.6 is 11.6 Å². The average Bonchev–Trinajstić information content (AvgIpc) is 2.81. The number of aromatic nitrogens is 1. The van der Waals surface area contributed by atoms with Crippen molar-refractivity contribution >= 4 is 34.3 Å². The number of allylic oxidation sites excluding steroid dienone is 2. The molecule has 3 aromatic rings. The number of hydrogen-bond donors (Lipinski definition) is 2. The van der Waals surface area contributed by atoms with Gasteiger partial charge in [0.05, 0.1) is 16.1 Å². The molecule has 33 heavy (non-hydrogen) atoms. The predicted molar refractivity (Wildman–Crippen MR) is 132 cm³/mol. The van der Waals surface area contributed by atoms with E-state index < -0.39 is 11.8 Å². The van der Waals surface area contributed by atoms with Crippen molar-refractivity contribution in [2.75, 3.05) is 0 Å². The number of nitrogens with one attached hydrogen (secondary N) is 2. The van der Waals surface area contributed by atoms with Crippen LogP contribution in [-0.4, -0.2) is 16.8 Å². The van der Waals surface area contributed by atoms with Gasteiger partial charge < -0.3 is 0 Å². The molecule has 0 saturated carbocycles. The van der Waals surface area contributed by atoms with E-state index in [4.69, 9.17) is 11.6 Å². The fourth-order valence-corrected chi connectivity index (χ4v) is 3.28. The molecule has 0 radical (unpaired) electrons. The molecule has 0 aliphatic rings. The van der Waals surface area contributed by atoms with Crippen LogP contribution in [0.1, 0.15) is 34.0 Å². The van der Waals surface area contributed by atoms with Gasteiger partial charge >= 0.3 is 0 Å². The Morgan fingerprint density at radius 2 is 1.85 bits per heavy atom. The maximum absolute atomic E-state index is 12.6. The molecule has 5 nitrogen and oxygen atoms in total. The van der Waals surface area contributed by atoms with Crippen LogP contribution < -0.4 is 10.9 Å². The van der Waals surface area contributed by atoms with E-state index in [0.29, 0.717) is 16.7 Å². The van der Waals surface area contributed by atoms with Crippen molar-refractivity contribution in [3.05, 3.63) is 112 Å². The number of hydrogen-bond acceptors (Lipinski definition) is 3. The largest absolute Gasteiger partial charge is 0.271 e. The van der Waals surface area contributed by atoms with E-state index in [9.17, 15) is 9.59 Å². The molecule has 0 fully saturated rings. The number of amides is 2. The highest BCUT2D eigenvalue weighted by atomic mass is 35.5. The summed E-state index contributed by atoms with van der Waals surface area (Å²) in [5.41, 5.74) is 8.96. The minimum atomic E-state index is -0.586. The molecule has 0 atom stereocenters. The maximum atomic E-state index is 12.6. The zero-order valence-corrected chi connectivity index (χ0v) is 19.1. The number of aryl methyl sites for hydroxylation is 1. The zero-order valence-electron chi connectivity index (χ0n) is 18.3. The first kappa shape index (κ1) is 23.5. The van der Waals surface area contributed by atoms with Crippen molar-refractivity contribution in [2.24, 2.45) is 0 Å². The molecule has 0 spiro atoms. The lowest BCUT2D eigenvalue weighted by atomic mass is 10.0. The van der Waals surface area contributed by atoms with Gasteiger partial charge in [-0.15, -0.1) is 0 Å². The normalized spacial score (nSPS) is 11.0. The Labute approximate surface area is 197 Å². The maximum Gasteiger partial charge on any atom is 0.271 e. The number of fused-ring (bicyclic) bond motifs is 1. The van der Waals surface area contributed by atoms with Gasteiger partial charge in [-0.25, -0.2) is 0 Å². The average molecular weight is 456 g/mol. The van der Waals surface area contributed by atoms with Crippen molar-refractivity contribution in [3.8, 4) is 11.8 Å². The Bertz CT molecular complexity index is 1380. The van der Waals surface area contributed by atoms with Crippen molar-refractivity contribution in [2.45, 2.75) is 13.8 Å². The summed E-state index contributed by atoms with van der Waals surface area (Å²) in [6.07, 6.45) is 3.06. The van der Waals surface area contributed by atoms with E-state index in [2.05, 4.69) is 40.8 Å². The van der Waals surface area contributed by atoms with Crippen molar-refractivity contribution in [3.63, 3.8) is 0 Å². The molecule has 2 N–H and O–H groups in total. The van der Waals surface area contributed by atoms with Crippen molar-refractivity contribution in [1.29, 1.82) is 0 Å². The molecular formula is C27H22ClN3O2. The predicted octanol–water partition coefficient (Wildman–Crippen LogP) is 4.96. The summed E-state index contributed by atoms with van der Waals surface area (Å²) in [6, 6.07) is 14.9. The number of para-hydroxylation sites is 1. The van der Waals surface area contributed by atoms with E-state index in [-0.39, 0.29) is 10.6 Å². The van der Waals surface area contributed by atoms with E-state index >= 15 is 0 Å². The lowest BCUT2D eigenvalue weighted by Gasteiger charge is -2.11. The fourth-order valence-electron chi connectivity index (χ4n) is 3.03. The van der Waals surface area contributed by atoms with Gasteiger partial charge in [0.2, 0.25) is 0 Å². The number of pyridine rings is 1. The third kappa shape index (κ3) is 5.76. The first-order valence-electron chi connectivity index (χ1n) is 10.1. The lowest BCUT2D eigenvalue weighted by Crippen LogP contribution is -2.42. The van der Waals surface area contributed by atoms with Crippen LogP contribution in [0.2, 0.25) is 0 Å². The number of nitrogens with zero attached hydrogens (tertiary/aromatic N) is 1. The number of carbonyl (C=O) groups is 2. The minimum absolute atomic E-state index is 0.144. The monoisotopic (exact) mass is 455 g/mol. The second-order valence-electron chi connectivity index (χ2n) is 7.31. The Morgan fingerprint density at radius 3 is 2.58 bits per heavy atom.